The summed E-state index contributed by atoms with van der Waals surface area (Å²) in [4.78, 5) is 22.5. The minimum Gasteiger partial charge on any atom is -0.340 e. The molecule has 2 N–H and O–H groups in total. The van der Waals surface area contributed by atoms with Gasteiger partial charge < -0.3 is 10.6 Å². The van der Waals surface area contributed by atoms with Crippen molar-refractivity contribution in [3.8, 4) is 11.3 Å². The Labute approximate surface area is 216 Å². The largest absolute Gasteiger partial charge is 0.340 e. The first-order valence-corrected chi connectivity index (χ1v) is 12.1. The zero-order chi connectivity index (χ0) is 25.5. The molecular weight excluding hydrogens is 456 g/mol. The molecule has 1 aromatic heterocycles. The Kier molecular flexibility index (Phi) is 7.14. The molecule has 0 aliphatic heterocycles. The molecule has 0 saturated heterocycles. The maximum atomic E-state index is 13.4. The number of carbonyl (C=O) groups excluding carboxylic acids is 1. The van der Waals surface area contributed by atoms with Crippen LogP contribution in [0.1, 0.15) is 17.0 Å². The summed E-state index contributed by atoms with van der Waals surface area (Å²) in [5, 5.41) is 6.41. The van der Waals surface area contributed by atoms with Crippen LogP contribution in [0, 0.1) is 6.92 Å². The second-order valence-corrected chi connectivity index (χ2v) is 8.55. The highest BCUT2D eigenvalue weighted by molar-refractivity contribution is 6.29. The van der Waals surface area contributed by atoms with Crippen LogP contribution in [0.4, 0.5) is 17.2 Å². The van der Waals surface area contributed by atoms with Crippen molar-refractivity contribution < 1.29 is 4.79 Å². The zero-order valence-corrected chi connectivity index (χ0v) is 20.4. The number of nitrogens with one attached hydrogen (secondary N) is 2. The minimum atomic E-state index is -0.184. The third kappa shape index (κ3) is 6.16. The molecule has 5 rings (SSSR count). The number of nitrogens with zero attached hydrogens (tertiary/aromatic N) is 2. The number of hydrogen-bond acceptors (Lipinski definition) is 4. The van der Waals surface area contributed by atoms with Crippen LogP contribution in [-0.2, 0) is 4.79 Å². The molecule has 0 saturated carbocycles. The molecule has 180 valence electrons. The van der Waals surface area contributed by atoms with Crippen LogP contribution >= 0.6 is 0 Å². The average Bonchev–Trinajstić information content (AvgIpc) is 2.93. The van der Waals surface area contributed by atoms with Gasteiger partial charge in [0.05, 0.1) is 5.69 Å². The summed E-state index contributed by atoms with van der Waals surface area (Å²) in [5.74, 6) is 1.17. The number of aromatic nitrogens is 2. The van der Waals surface area contributed by atoms with E-state index in [1.54, 1.807) is 0 Å². The van der Waals surface area contributed by atoms with Gasteiger partial charge in [0.15, 0.2) is 0 Å². The molecule has 4 aromatic carbocycles. The van der Waals surface area contributed by atoms with E-state index in [-0.39, 0.29) is 5.91 Å². The molecule has 0 aliphatic carbocycles. The Bertz CT molecular complexity index is 1530. The van der Waals surface area contributed by atoms with Gasteiger partial charge in [-0.05, 0) is 42.3 Å². The second-order valence-electron chi connectivity index (χ2n) is 8.55. The van der Waals surface area contributed by atoms with Crippen LogP contribution in [-0.4, -0.2) is 15.9 Å². The van der Waals surface area contributed by atoms with Crippen molar-refractivity contribution in [3.05, 3.63) is 138 Å². The zero-order valence-electron chi connectivity index (χ0n) is 20.4. The highest BCUT2D eigenvalue weighted by atomic mass is 16.1. The lowest BCUT2D eigenvalue weighted by atomic mass is 10.0. The average molecular weight is 483 g/mol. The fourth-order valence-corrected chi connectivity index (χ4v) is 4.02. The summed E-state index contributed by atoms with van der Waals surface area (Å²) in [5.41, 5.74) is 5.75. The van der Waals surface area contributed by atoms with Crippen molar-refractivity contribution in [2.75, 3.05) is 10.6 Å². The topological polar surface area (TPSA) is 66.9 Å². The molecule has 0 bridgehead atoms. The maximum absolute atomic E-state index is 13.4. The first kappa shape index (κ1) is 23.7. The van der Waals surface area contributed by atoms with Crippen molar-refractivity contribution in [3.63, 3.8) is 0 Å². The van der Waals surface area contributed by atoms with Crippen LogP contribution in [0.25, 0.3) is 22.9 Å². The summed E-state index contributed by atoms with van der Waals surface area (Å²) < 4.78 is 0. The summed E-state index contributed by atoms with van der Waals surface area (Å²) >= 11 is 0. The molecule has 1 amide bonds. The van der Waals surface area contributed by atoms with Gasteiger partial charge in [0.1, 0.15) is 11.6 Å². The summed E-state index contributed by atoms with van der Waals surface area (Å²) in [6.07, 6.45) is 1.90. The van der Waals surface area contributed by atoms with E-state index in [1.165, 1.54) is 0 Å². The standard InChI is InChI=1S/C32H26N4O/c1-23-33-30(26-16-9-4-10-17-26)22-31(34-23)35-27-18-11-19-28(21-27)36-32(37)29(25-14-7-3-8-15-25)20-24-12-5-2-6-13-24/h2-22H,1H3,(H,36,37)(H,33,34,35)/b29-20-. The monoisotopic (exact) mass is 482 g/mol. The van der Waals surface area contributed by atoms with Gasteiger partial charge in [0.25, 0.3) is 5.91 Å². The van der Waals surface area contributed by atoms with E-state index in [9.17, 15) is 4.79 Å². The van der Waals surface area contributed by atoms with Crippen LogP contribution in [0.5, 0.6) is 0 Å². The van der Waals surface area contributed by atoms with Crippen molar-refractivity contribution in [2.24, 2.45) is 0 Å². The van der Waals surface area contributed by atoms with Gasteiger partial charge in [-0.25, -0.2) is 9.97 Å². The fourth-order valence-electron chi connectivity index (χ4n) is 4.02. The number of anilines is 3. The Hall–Kier alpha value is -5.03. The summed E-state index contributed by atoms with van der Waals surface area (Å²) in [6.45, 7) is 1.87. The Morgan fingerprint density at radius 2 is 1.35 bits per heavy atom. The van der Waals surface area contributed by atoms with Gasteiger partial charge in [-0.1, -0.05) is 97.1 Å². The number of hydrogen-bond donors (Lipinski definition) is 2. The Morgan fingerprint density at radius 3 is 2.08 bits per heavy atom. The predicted molar refractivity (Wildman–Crippen MR) is 151 cm³/mol. The molecule has 5 nitrogen and oxygen atoms in total. The lowest BCUT2D eigenvalue weighted by molar-refractivity contribution is -0.111. The van der Waals surface area contributed by atoms with E-state index in [2.05, 4.69) is 20.6 Å². The number of rotatable bonds is 7. The quantitative estimate of drug-likeness (QED) is 0.188. The summed E-state index contributed by atoms with van der Waals surface area (Å²) in [6, 6.07) is 39.0. The van der Waals surface area contributed by atoms with Gasteiger partial charge in [-0.3, -0.25) is 4.79 Å². The number of aryl methyl sites for hydroxylation is 1. The highest BCUT2D eigenvalue weighted by Gasteiger charge is 2.13. The van der Waals surface area contributed by atoms with Crippen molar-refractivity contribution >= 4 is 34.7 Å². The summed E-state index contributed by atoms with van der Waals surface area (Å²) in [7, 11) is 0. The predicted octanol–water partition coefficient (Wildman–Crippen LogP) is 7.37. The normalized spacial score (nSPS) is 11.1. The molecule has 0 atom stereocenters. The van der Waals surface area contributed by atoms with Crippen LogP contribution in [0.2, 0.25) is 0 Å². The number of carbonyl (C=O) groups is 1. The van der Waals surface area contributed by atoms with Gasteiger partial charge in [-0.15, -0.1) is 0 Å². The molecule has 0 unspecified atom stereocenters. The highest BCUT2D eigenvalue weighted by Crippen LogP contribution is 2.25. The maximum Gasteiger partial charge on any atom is 0.256 e. The van der Waals surface area contributed by atoms with Gasteiger partial charge in [0.2, 0.25) is 0 Å². The molecule has 0 radical (unpaired) electrons. The molecule has 5 aromatic rings. The third-order valence-corrected chi connectivity index (χ3v) is 5.74. The van der Waals surface area contributed by atoms with Crippen LogP contribution in [0.15, 0.2) is 121 Å². The van der Waals surface area contributed by atoms with E-state index in [0.29, 0.717) is 22.9 Å². The van der Waals surface area contributed by atoms with Gasteiger partial charge in [0, 0.05) is 28.6 Å². The molecule has 0 aliphatic rings. The fraction of sp³-hybridized carbons (Fsp3) is 0.0312. The molecule has 37 heavy (non-hydrogen) atoms. The SMILES string of the molecule is Cc1nc(Nc2cccc(NC(=O)/C(=C\c3ccccc3)c3ccccc3)c2)cc(-c2ccccc2)n1. The minimum absolute atomic E-state index is 0.184. The van der Waals surface area contributed by atoms with Gasteiger partial charge >= 0.3 is 0 Å². The third-order valence-electron chi connectivity index (χ3n) is 5.74. The molecular formula is C32H26N4O. The first-order valence-electron chi connectivity index (χ1n) is 12.1. The van der Waals surface area contributed by atoms with Crippen molar-refractivity contribution in [1.29, 1.82) is 0 Å². The number of amides is 1. The Morgan fingerprint density at radius 1 is 0.703 bits per heavy atom. The lowest BCUT2D eigenvalue weighted by Gasteiger charge is -2.12. The molecule has 5 heteroatoms. The first-order chi connectivity index (χ1) is 18.1. The van der Waals surface area contributed by atoms with Crippen LogP contribution < -0.4 is 10.6 Å². The second kappa shape index (κ2) is 11.1. The van der Waals surface area contributed by atoms with E-state index in [4.69, 9.17) is 0 Å². The number of benzene rings is 4. The van der Waals surface area contributed by atoms with Crippen molar-refractivity contribution in [2.45, 2.75) is 6.92 Å². The molecule has 1 heterocycles. The Balaban J connectivity index is 1.38. The van der Waals surface area contributed by atoms with E-state index >= 15 is 0 Å². The lowest BCUT2D eigenvalue weighted by Crippen LogP contribution is -2.13. The van der Waals surface area contributed by atoms with Gasteiger partial charge in [-0.2, -0.15) is 0 Å². The van der Waals surface area contributed by atoms with Crippen LogP contribution in [0.3, 0.4) is 0 Å². The van der Waals surface area contributed by atoms with E-state index in [1.807, 2.05) is 134 Å². The van der Waals surface area contributed by atoms with Crippen molar-refractivity contribution in [1.82, 2.24) is 9.97 Å². The van der Waals surface area contributed by atoms with E-state index in [0.717, 1.165) is 28.1 Å². The van der Waals surface area contributed by atoms with E-state index < -0.39 is 0 Å². The molecule has 0 spiro atoms. The smallest absolute Gasteiger partial charge is 0.256 e. The molecule has 0 fully saturated rings.